The fraction of sp³-hybridized carbons (Fsp3) is 0.375. The second-order valence-corrected chi connectivity index (χ2v) is 4.77. The molecule has 114 valence electrons. The van der Waals surface area contributed by atoms with E-state index in [1.807, 2.05) is 13.8 Å². The standard InChI is InChI=1S/C16H21NO4/c1-5-10-17-15(18)12(4)21-16(19)13-6-8-14(9-7-13)20-11(2)3/h5-9,11-12H,1,10H2,2-4H3,(H,17,18). The van der Waals surface area contributed by atoms with Crippen LogP contribution < -0.4 is 10.1 Å². The van der Waals surface area contributed by atoms with Gasteiger partial charge in [-0.15, -0.1) is 6.58 Å². The molecule has 1 N–H and O–H groups in total. The molecule has 0 spiro atoms. The SMILES string of the molecule is C=CCNC(=O)C(C)OC(=O)c1ccc(OC(C)C)cc1. The van der Waals surface area contributed by atoms with E-state index in [0.717, 1.165) is 0 Å². The Morgan fingerprint density at radius 2 is 1.86 bits per heavy atom. The lowest BCUT2D eigenvalue weighted by Gasteiger charge is -2.13. The number of rotatable bonds is 7. The second-order valence-electron chi connectivity index (χ2n) is 4.77. The number of carbonyl (C=O) groups is 2. The summed E-state index contributed by atoms with van der Waals surface area (Å²) in [7, 11) is 0. The van der Waals surface area contributed by atoms with E-state index in [-0.39, 0.29) is 12.0 Å². The maximum Gasteiger partial charge on any atom is 0.338 e. The Labute approximate surface area is 124 Å². The molecule has 1 aromatic rings. The van der Waals surface area contributed by atoms with Gasteiger partial charge < -0.3 is 14.8 Å². The van der Waals surface area contributed by atoms with Crippen molar-refractivity contribution in [1.82, 2.24) is 5.32 Å². The summed E-state index contributed by atoms with van der Waals surface area (Å²) in [5.74, 6) is -0.228. The van der Waals surface area contributed by atoms with Gasteiger partial charge in [-0.05, 0) is 45.0 Å². The van der Waals surface area contributed by atoms with Crippen molar-refractivity contribution in [2.45, 2.75) is 33.0 Å². The van der Waals surface area contributed by atoms with Gasteiger partial charge in [0.25, 0.3) is 5.91 Å². The topological polar surface area (TPSA) is 64.6 Å². The van der Waals surface area contributed by atoms with Gasteiger partial charge in [-0.2, -0.15) is 0 Å². The molecule has 0 bridgehead atoms. The Bertz CT molecular complexity index is 494. The van der Waals surface area contributed by atoms with Crippen molar-refractivity contribution in [2.75, 3.05) is 6.54 Å². The number of hydrogen-bond donors (Lipinski definition) is 1. The van der Waals surface area contributed by atoms with Crippen LogP contribution in [-0.4, -0.2) is 30.6 Å². The van der Waals surface area contributed by atoms with Gasteiger partial charge in [-0.3, -0.25) is 4.79 Å². The molecule has 0 aliphatic heterocycles. The minimum absolute atomic E-state index is 0.0661. The molecule has 1 amide bonds. The molecule has 5 nitrogen and oxygen atoms in total. The number of hydrogen-bond acceptors (Lipinski definition) is 4. The highest BCUT2D eigenvalue weighted by atomic mass is 16.5. The van der Waals surface area contributed by atoms with E-state index in [9.17, 15) is 9.59 Å². The first kappa shape index (κ1) is 16.8. The van der Waals surface area contributed by atoms with Crippen LogP contribution in [0.3, 0.4) is 0 Å². The highest BCUT2D eigenvalue weighted by molar-refractivity contribution is 5.92. The number of carbonyl (C=O) groups excluding carboxylic acids is 2. The van der Waals surface area contributed by atoms with E-state index in [2.05, 4.69) is 11.9 Å². The van der Waals surface area contributed by atoms with Crippen molar-refractivity contribution >= 4 is 11.9 Å². The van der Waals surface area contributed by atoms with Gasteiger partial charge in [-0.25, -0.2) is 4.79 Å². The normalized spacial score (nSPS) is 11.6. The average molecular weight is 291 g/mol. The predicted octanol–water partition coefficient (Wildman–Crippen LogP) is 2.32. The van der Waals surface area contributed by atoms with Gasteiger partial charge in [0.2, 0.25) is 0 Å². The van der Waals surface area contributed by atoms with Crippen molar-refractivity contribution < 1.29 is 19.1 Å². The Balaban J connectivity index is 2.58. The summed E-state index contributed by atoms with van der Waals surface area (Å²) < 4.78 is 10.6. The number of nitrogens with one attached hydrogen (secondary N) is 1. The van der Waals surface area contributed by atoms with Gasteiger partial charge >= 0.3 is 5.97 Å². The van der Waals surface area contributed by atoms with E-state index < -0.39 is 12.1 Å². The summed E-state index contributed by atoms with van der Waals surface area (Å²) >= 11 is 0. The summed E-state index contributed by atoms with van der Waals surface area (Å²) in [6, 6.07) is 6.60. The molecule has 21 heavy (non-hydrogen) atoms. The molecule has 1 aromatic carbocycles. The predicted molar refractivity (Wildman–Crippen MR) is 80.3 cm³/mol. The molecule has 1 unspecified atom stereocenters. The Morgan fingerprint density at radius 1 is 1.24 bits per heavy atom. The fourth-order valence-corrected chi connectivity index (χ4v) is 1.54. The van der Waals surface area contributed by atoms with Crippen LogP contribution in [0.5, 0.6) is 5.75 Å². The van der Waals surface area contributed by atoms with Gasteiger partial charge in [-0.1, -0.05) is 6.08 Å². The van der Waals surface area contributed by atoms with Gasteiger partial charge in [0.15, 0.2) is 6.10 Å². The smallest absolute Gasteiger partial charge is 0.338 e. The molecule has 0 aliphatic rings. The van der Waals surface area contributed by atoms with E-state index in [0.29, 0.717) is 17.9 Å². The third-order valence-electron chi connectivity index (χ3n) is 2.54. The molecule has 1 atom stereocenters. The number of benzene rings is 1. The maximum absolute atomic E-state index is 11.9. The summed E-state index contributed by atoms with van der Waals surface area (Å²) in [5.41, 5.74) is 0.370. The third kappa shape index (κ3) is 5.69. The van der Waals surface area contributed by atoms with Crippen molar-refractivity contribution in [3.05, 3.63) is 42.5 Å². The average Bonchev–Trinajstić information content (AvgIpc) is 2.44. The van der Waals surface area contributed by atoms with Gasteiger partial charge in [0, 0.05) is 6.54 Å². The van der Waals surface area contributed by atoms with Crippen LogP contribution in [0.1, 0.15) is 31.1 Å². The zero-order chi connectivity index (χ0) is 15.8. The fourth-order valence-electron chi connectivity index (χ4n) is 1.54. The van der Waals surface area contributed by atoms with Crippen LogP contribution in [0.15, 0.2) is 36.9 Å². The first-order chi connectivity index (χ1) is 9.93. The molecule has 0 fully saturated rings. The molecule has 0 saturated heterocycles. The number of amides is 1. The second kappa shape index (κ2) is 8.09. The molecular weight excluding hydrogens is 270 g/mol. The quantitative estimate of drug-likeness (QED) is 0.618. The lowest BCUT2D eigenvalue weighted by atomic mass is 10.2. The summed E-state index contributed by atoms with van der Waals surface area (Å²) in [6.07, 6.45) is 0.764. The van der Waals surface area contributed by atoms with Crippen LogP contribution in [0.4, 0.5) is 0 Å². The minimum atomic E-state index is -0.857. The zero-order valence-corrected chi connectivity index (χ0v) is 12.6. The number of ether oxygens (including phenoxy) is 2. The van der Waals surface area contributed by atoms with Crippen molar-refractivity contribution in [3.63, 3.8) is 0 Å². The zero-order valence-electron chi connectivity index (χ0n) is 12.6. The minimum Gasteiger partial charge on any atom is -0.491 e. The van der Waals surface area contributed by atoms with Crippen molar-refractivity contribution in [1.29, 1.82) is 0 Å². The summed E-state index contributed by atoms with van der Waals surface area (Å²) in [5, 5.41) is 2.57. The molecule has 0 radical (unpaired) electrons. The van der Waals surface area contributed by atoms with Crippen LogP contribution in [0.2, 0.25) is 0 Å². The summed E-state index contributed by atoms with van der Waals surface area (Å²) in [6.45, 7) is 9.20. The monoisotopic (exact) mass is 291 g/mol. The lowest BCUT2D eigenvalue weighted by Crippen LogP contribution is -2.35. The summed E-state index contributed by atoms with van der Waals surface area (Å²) in [4.78, 5) is 23.5. The van der Waals surface area contributed by atoms with E-state index >= 15 is 0 Å². The first-order valence-electron chi connectivity index (χ1n) is 6.80. The molecule has 0 aliphatic carbocycles. The van der Waals surface area contributed by atoms with Crippen LogP contribution in [-0.2, 0) is 9.53 Å². The number of esters is 1. The van der Waals surface area contributed by atoms with E-state index in [1.165, 1.54) is 6.92 Å². The highest BCUT2D eigenvalue weighted by Gasteiger charge is 2.18. The molecule has 0 saturated carbocycles. The van der Waals surface area contributed by atoms with E-state index in [1.54, 1.807) is 30.3 Å². The maximum atomic E-state index is 11.9. The van der Waals surface area contributed by atoms with Gasteiger partial charge in [0.05, 0.1) is 11.7 Å². The van der Waals surface area contributed by atoms with Crippen LogP contribution >= 0.6 is 0 Å². The molecule has 0 heterocycles. The molecule has 0 aromatic heterocycles. The Hall–Kier alpha value is -2.30. The highest BCUT2D eigenvalue weighted by Crippen LogP contribution is 2.15. The Morgan fingerprint density at radius 3 is 2.38 bits per heavy atom. The van der Waals surface area contributed by atoms with Gasteiger partial charge in [0.1, 0.15) is 5.75 Å². The molecule has 1 rings (SSSR count). The largest absolute Gasteiger partial charge is 0.491 e. The van der Waals surface area contributed by atoms with Crippen molar-refractivity contribution in [2.24, 2.45) is 0 Å². The van der Waals surface area contributed by atoms with Crippen LogP contribution in [0.25, 0.3) is 0 Å². The van der Waals surface area contributed by atoms with E-state index in [4.69, 9.17) is 9.47 Å². The third-order valence-corrected chi connectivity index (χ3v) is 2.54. The Kier molecular flexibility index (Phi) is 6.46. The lowest BCUT2D eigenvalue weighted by molar-refractivity contribution is -0.128. The first-order valence-corrected chi connectivity index (χ1v) is 6.80. The van der Waals surface area contributed by atoms with Crippen LogP contribution in [0, 0.1) is 0 Å². The molecular formula is C16H21NO4. The molecule has 5 heteroatoms. The van der Waals surface area contributed by atoms with Crippen molar-refractivity contribution in [3.8, 4) is 5.75 Å².